The summed E-state index contributed by atoms with van der Waals surface area (Å²) in [5.41, 5.74) is 1.75. The molecule has 0 aliphatic rings. The topological polar surface area (TPSA) is 40.5 Å². The van der Waals surface area contributed by atoms with Gasteiger partial charge in [-0.2, -0.15) is 0 Å². The number of hydrogen-bond donors (Lipinski definition) is 2. The number of thiophene rings is 1. The van der Waals surface area contributed by atoms with Gasteiger partial charge in [0.15, 0.2) is 0 Å². The quantitative estimate of drug-likeness (QED) is 0.826. The van der Waals surface area contributed by atoms with E-state index in [-0.39, 0.29) is 12.4 Å². The van der Waals surface area contributed by atoms with Gasteiger partial charge in [0, 0.05) is 21.0 Å². The molecule has 2 N–H and O–H groups in total. The van der Waals surface area contributed by atoms with Crippen molar-refractivity contribution < 1.29 is 10.2 Å². The largest absolute Gasteiger partial charge is 0.508 e. The minimum Gasteiger partial charge on any atom is -0.508 e. The van der Waals surface area contributed by atoms with E-state index in [4.69, 9.17) is 5.11 Å². The third kappa shape index (κ3) is 1.54. The molecule has 4 heteroatoms. The number of benzene rings is 1. The highest BCUT2D eigenvalue weighted by Gasteiger charge is 2.07. The number of aliphatic hydroxyl groups is 1. The number of aliphatic hydroxyl groups excluding tert-OH is 1. The summed E-state index contributed by atoms with van der Waals surface area (Å²) in [6.07, 6.45) is 0. The Morgan fingerprint density at radius 1 is 1.29 bits per heavy atom. The summed E-state index contributed by atoms with van der Waals surface area (Å²) in [4.78, 5) is 0. The van der Waals surface area contributed by atoms with Crippen molar-refractivity contribution in [3.63, 3.8) is 0 Å². The van der Waals surface area contributed by atoms with Gasteiger partial charge in [0.2, 0.25) is 0 Å². The molecule has 0 atom stereocenters. The van der Waals surface area contributed by atoms with E-state index < -0.39 is 0 Å². The van der Waals surface area contributed by atoms with Gasteiger partial charge < -0.3 is 10.2 Å². The Hall–Kier alpha value is -0.580. The Labute approximate surface area is 93.9 Å². The van der Waals surface area contributed by atoms with Crippen LogP contribution < -0.4 is 0 Å². The van der Waals surface area contributed by atoms with E-state index in [0.29, 0.717) is 5.33 Å². The summed E-state index contributed by atoms with van der Waals surface area (Å²) in [5, 5.41) is 22.2. The monoisotopic (exact) mass is 272 g/mol. The highest BCUT2D eigenvalue weighted by Crippen LogP contribution is 2.32. The molecule has 2 rings (SSSR count). The lowest BCUT2D eigenvalue weighted by atomic mass is 10.1. The van der Waals surface area contributed by atoms with Crippen LogP contribution >= 0.6 is 27.3 Å². The van der Waals surface area contributed by atoms with Gasteiger partial charge in [0.1, 0.15) is 5.75 Å². The molecule has 14 heavy (non-hydrogen) atoms. The van der Waals surface area contributed by atoms with Crippen molar-refractivity contribution in [3.8, 4) is 5.75 Å². The molecule has 0 aliphatic carbocycles. The molecule has 0 aliphatic heterocycles. The van der Waals surface area contributed by atoms with Gasteiger partial charge in [0.25, 0.3) is 0 Å². The minimum absolute atomic E-state index is 0.0209. The second kappa shape index (κ2) is 3.88. The summed E-state index contributed by atoms with van der Waals surface area (Å²) in [6.45, 7) is 0.0209. The molecular formula is C10H9BrO2S. The normalized spacial score (nSPS) is 11.0. The van der Waals surface area contributed by atoms with Crippen molar-refractivity contribution in [1.82, 2.24) is 0 Å². The van der Waals surface area contributed by atoms with Crippen molar-refractivity contribution in [3.05, 3.63) is 28.6 Å². The average Bonchev–Trinajstić information content (AvgIpc) is 2.58. The summed E-state index contributed by atoms with van der Waals surface area (Å²) in [6, 6.07) is 3.66. The van der Waals surface area contributed by atoms with E-state index in [2.05, 4.69) is 15.9 Å². The van der Waals surface area contributed by atoms with Crippen LogP contribution in [0.15, 0.2) is 17.5 Å². The zero-order valence-electron chi connectivity index (χ0n) is 7.33. The van der Waals surface area contributed by atoms with Crippen molar-refractivity contribution in [1.29, 1.82) is 0 Å². The first-order chi connectivity index (χ1) is 6.76. The average molecular weight is 273 g/mol. The van der Waals surface area contributed by atoms with E-state index in [1.54, 1.807) is 17.4 Å². The van der Waals surface area contributed by atoms with Crippen molar-refractivity contribution in [2.75, 3.05) is 0 Å². The van der Waals surface area contributed by atoms with Gasteiger partial charge in [-0.1, -0.05) is 15.9 Å². The zero-order chi connectivity index (χ0) is 10.1. The SMILES string of the molecule is OCc1csc2cc(CBr)c(O)cc12. The lowest BCUT2D eigenvalue weighted by molar-refractivity contribution is 0.284. The summed E-state index contributed by atoms with van der Waals surface area (Å²) < 4.78 is 1.10. The van der Waals surface area contributed by atoms with Crippen molar-refractivity contribution >= 4 is 37.4 Å². The standard InChI is InChI=1S/C10H9BrO2S/c11-3-6-1-10-8(2-9(6)13)7(4-12)5-14-10/h1-2,5,12-13H,3-4H2. The maximum absolute atomic E-state index is 9.64. The number of fused-ring (bicyclic) bond motifs is 1. The molecule has 1 aromatic carbocycles. The summed E-state index contributed by atoms with van der Waals surface area (Å²) in [7, 11) is 0. The van der Waals surface area contributed by atoms with Gasteiger partial charge >= 0.3 is 0 Å². The number of aromatic hydroxyl groups is 1. The van der Waals surface area contributed by atoms with Crippen LogP contribution in [0, 0.1) is 0 Å². The first kappa shape index (κ1) is 9.96. The van der Waals surface area contributed by atoms with Crippen LogP contribution in [-0.4, -0.2) is 10.2 Å². The van der Waals surface area contributed by atoms with Crippen molar-refractivity contribution in [2.24, 2.45) is 0 Å². The predicted octanol–water partition coefficient (Wildman–Crippen LogP) is 2.99. The predicted molar refractivity (Wildman–Crippen MR) is 62.0 cm³/mol. The number of rotatable bonds is 2. The molecule has 74 valence electrons. The molecule has 2 nitrogen and oxygen atoms in total. The van der Waals surface area contributed by atoms with Crippen LogP contribution in [-0.2, 0) is 11.9 Å². The number of halogens is 1. The Morgan fingerprint density at radius 2 is 2.07 bits per heavy atom. The minimum atomic E-state index is 0.0209. The lowest BCUT2D eigenvalue weighted by Gasteiger charge is -2.01. The molecule has 2 aromatic rings. The molecule has 0 bridgehead atoms. The van der Waals surface area contributed by atoms with Gasteiger partial charge in [-0.3, -0.25) is 0 Å². The molecule has 0 radical (unpaired) electrons. The number of phenolic OH excluding ortho intramolecular Hbond substituents is 1. The fourth-order valence-electron chi connectivity index (χ4n) is 1.39. The van der Waals surface area contributed by atoms with Crippen molar-refractivity contribution in [2.45, 2.75) is 11.9 Å². The highest BCUT2D eigenvalue weighted by molar-refractivity contribution is 9.08. The van der Waals surface area contributed by atoms with Crippen LogP contribution in [0.4, 0.5) is 0 Å². The highest BCUT2D eigenvalue weighted by atomic mass is 79.9. The molecule has 1 heterocycles. The molecule has 0 amide bonds. The number of alkyl halides is 1. The summed E-state index contributed by atoms with van der Waals surface area (Å²) in [5.74, 6) is 0.280. The molecule has 0 saturated heterocycles. The molecular weight excluding hydrogens is 264 g/mol. The van der Waals surface area contributed by atoms with Gasteiger partial charge in [-0.25, -0.2) is 0 Å². The maximum atomic E-state index is 9.64. The third-order valence-corrected chi connectivity index (χ3v) is 3.77. The maximum Gasteiger partial charge on any atom is 0.120 e. The van der Waals surface area contributed by atoms with Crippen LogP contribution in [0.2, 0.25) is 0 Å². The molecule has 0 saturated carbocycles. The number of hydrogen-bond acceptors (Lipinski definition) is 3. The van der Waals surface area contributed by atoms with E-state index in [9.17, 15) is 5.11 Å². The Balaban J connectivity index is 2.69. The first-order valence-electron chi connectivity index (χ1n) is 4.15. The third-order valence-electron chi connectivity index (χ3n) is 2.17. The van der Waals surface area contributed by atoms with E-state index in [0.717, 1.165) is 21.2 Å². The van der Waals surface area contributed by atoms with Crippen LogP contribution in [0.5, 0.6) is 5.75 Å². The smallest absolute Gasteiger partial charge is 0.120 e. The Kier molecular flexibility index (Phi) is 2.76. The molecule has 1 aromatic heterocycles. The van der Waals surface area contributed by atoms with Crippen LogP contribution in [0.25, 0.3) is 10.1 Å². The van der Waals surface area contributed by atoms with Crippen LogP contribution in [0.3, 0.4) is 0 Å². The van der Waals surface area contributed by atoms with Gasteiger partial charge in [-0.15, -0.1) is 11.3 Å². The fourth-order valence-corrected chi connectivity index (χ4v) is 2.83. The Morgan fingerprint density at radius 3 is 2.71 bits per heavy atom. The number of phenols is 1. The van der Waals surface area contributed by atoms with Gasteiger partial charge in [-0.05, 0) is 23.1 Å². The molecule has 0 fully saturated rings. The lowest BCUT2D eigenvalue weighted by Crippen LogP contribution is -1.82. The van der Waals surface area contributed by atoms with E-state index >= 15 is 0 Å². The van der Waals surface area contributed by atoms with E-state index in [1.165, 1.54) is 0 Å². The molecule has 0 spiro atoms. The molecule has 0 unspecified atom stereocenters. The Bertz CT molecular complexity index is 464. The first-order valence-corrected chi connectivity index (χ1v) is 6.15. The second-order valence-corrected chi connectivity index (χ2v) is 4.50. The van der Waals surface area contributed by atoms with Crippen LogP contribution in [0.1, 0.15) is 11.1 Å². The second-order valence-electron chi connectivity index (χ2n) is 3.03. The van der Waals surface area contributed by atoms with Gasteiger partial charge in [0.05, 0.1) is 6.61 Å². The van der Waals surface area contributed by atoms with E-state index in [1.807, 2.05) is 11.4 Å². The zero-order valence-corrected chi connectivity index (χ0v) is 9.73. The fraction of sp³-hybridized carbons (Fsp3) is 0.200. The summed E-state index contributed by atoms with van der Waals surface area (Å²) >= 11 is 4.90.